The van der Waals surface area contributed by atoms with Crippen molar-refractivity contribution in [1.29, 1.82) is 0 Å². The molecule has 4 aliphatic heterocycles. The van der Waals surface area contributed by atoms with Crippen molar-refractivity contribution in [2.24, 2.45) is 0 Å². The number of pyridine rings is 6. The van der Waals surface area contributed by atoms with E-state index in [2.05, 4.69) is 84.6 Å². The molecule has 8 aromatic heterocycles. The van der Waals surface area contributed by atoms with Crippen LogP contribution in [0.5, 0.6) is 0 Å². The van der Waals surface area contributed by atoms with Crippen LogP contribution < -0.4 is 31.1 Å². The number of amides is 2. The average molecular weight is 799 g/mol. The lowest BCUT2D eigenvalue weighted by Crippen LogP contribution is -2.48. The summed E-state index contributed by atoms with van der Waals surface area (Å²) in [5.74, 6) is 2.67. The summed E-state index contributed by atoms with van der Waals surface area (Å²) in [6.45, 7) is 7.93. The number of aromatic amines is 2. The van der Waals surface area contributed by atoms with Crippen LogP contribution in [0.1, 0.15) is 24.2 Å². The Morgan fingerprint density at radius 1 is 0.700 bits per heavy atom. The highest BCUT2D eigenvalue weighted by Gasteiger charge is 2.40. The molecular weight excluding hydrogens is 757 g/mol. The number of rotatable bonds is 3. The molecule has 4 aliphatic rings. The summed E-state index contributed by atoms with van der Waals surface area (Å²) in [5, 5.41) is 6.48. The van der Waals surface area contributed by atoms with Gasteiger partial charge in [-0.15, -0.1) is 0 Å². The first-order chi connectivity index (χ1) is 29.3. The first-order valence-corrected chi connectivity index (χ1v) is 19.9. The smallest absolute Gasteiger partial charge is 0.329 e. The lowest BCUT2D eigenvalue weighted by Gasteiger charge is -2.35. The van der Waals surface area contributed by atoms with E-state index in [-0.39, 0.29) is 12.1 Å². The van der Waals surface area contributed by atoms with Gasteiger partial charge in [0, 0.05) is 67.1 Å². The summed E-state index contributed by atoms with van der Waals surface area (Å²) >= 11 is 0. The molecule has 60 heavy (non-hydrogen) atoms. The van der Waals surface area contributed by atoms with Gasteiger partial charge in [0.2, 0.25) is 0 Å². The molecule has 2 amide bonds. The molecule has 0 radical (unpaired) electrons. The largest absolute Gasteiger partial charge is 0.384 e. The molecule has 17 nitrogen and oxygen atoms in total. The van der Waals surface area contributed by atoms with Crippen molar-refractivity contribution in [1.82, 2.24) is 49.8 Å². The van der Waals surface area contributed by atoms with Gasteiger partial charge in [-0.2, -0.15) is 0 Å². The van der Waals surface area contributed by atoms with Crippen LogP contribution in [0.3, 0.4) is 0 Å². The van der Waals surface area contributed by atoms with Gasteiger partial charge in [0.25, 0.3) is 0 Å². The maximum atomic E-state index is 13.4. The third-order valence-corrected chi connectivity index (χ3v) is 11.1. The van der Waals surface area contributed by atoms with Crippen LogP contribution >= 0.6 is 0 Å². The van der Waals surface area contributed by atoms with E-state index in [0.717, 1.165) is 89.0 Å². The first-order valence-electron chi connectivity index (χ1n) is 19.9. The number of carbonyl (C=O) groups excluding carboxylic acids is 1. The predicted octanol–water partition coefficient (Wildman–Crippen LogP) is 6.35. The number of anilines is 6. The van der Waals surface area contributed by atoms with Crippen molar-refractivity contribution in [3.63, 3.8) is 0 Å². The Labute approximate surface area is 344 Å². The minimum Gasteiger partial charge on any atom is -0.384 e. The maximum Gasteiger partial charge on any atom is 0.329 e. The summed E-state index contributed by atoms with van der Waals surface area (Å²) in [6.07, 6.45) is 8.91. The Hall–Kier alpha value is -7.69. The summed E-state index contributed by atoms with van der Waals surface area (Å²) in [5.41, 5.74) is 16.5. The summed E-state index contributed by atoms with van der Waals surface area (Å²) in [4.78, 5) is 60.5. The van der Waals surface area contributed by atoms with Crippen LogP contribution in [-0.2, 0) is 0 Å². The standard InChI is InChI=1S/C22H20N8O.C15H16N4.C6H6N4/c1-13-10-14(6-8-23-13)16-2-4-18-21(26-16)30(15-7-9-29(18)11-15)22(31)28-19-5-3-17-20(27-19)25-12-24-17;1-10-8-11(4-6-16-10)13-2-3-14-15(18-13)17-12-5-7-19(14)9-12;7-5-2-1-4-6(10-5)9-3-8-4/h2-6,8,10,12,15H,7,9,11H2,1H3,(H2,24,25,27,28,31);2-4,6,8,12H,5,7,9H2,1H3,(H,17,18);1-3H,(H3,7,8,9,10)/t15-;12-;/m00./s1. The van der Waals surface area contributed by atoms with E-state index >= 15 is 0 Å². The van der Waals surface area contributed by atoms with Crippen LogP contribution in [0.4, 0.5) is 39.4 Å². The SMILES string of the molecule is Cc1cc(-c2ccc3c(n2)N(C(=O)Nc2ccc4[nH]cnc4n2)[C@H]2CCN3C2)ccn1.Cc1cc(-c2ccc3c(n2)N[C@H]2CCN3C2)ccn1.Nc1ccc2[nH]cnc2n1. The van der Waals surface area contributed by atoms with Gasteiger partial charge in [-0.1, -0.05) is 0 Å². The number of imidazole rings is 2. The zero-order chi connectivity index (χ0) is 40.7. The molecule has 6 N–H and O–H groups in total. The lowest BCUT2D eigenvalue weighted by molar-refractivity contribution is 0.254. The normalized spacial score (nSPS) is 16.9. The van der Waals surface area contributed by atoms with Crippen LogP contribution in [0, 0.1) is 13.8 Å². The number of aryl methyl sites for hydroxylation is 2. The summed E-state index contributed by atoms with van der Waals surface area (Å²) < 4.78 is 0. The Balaban J connectivity index is 0.000000125. The number of nitrogens with zero attached hydrogens (tertiary/aromatic N) is 11. The van der Waals surface area contributed by atoms with Crippen molar-refractivity contribution in [3.05, 3.63) is 109 Å². The highest BCUT2D eigenvalue weighted by Crippen LogP contribution is 2.40. The Morgan fingerprint density at radius 3 is 2.08 bits per heavy atom. The Bertz CT molecular complexity index is 2870. The number of urea groups is 1. The fourth-order valence-electron chi connectivity index (χ4n) is 8.21. The Kier molecular flexibility index (Phi) is 9.31. The molecule has 2 saturated heterocycles. The van der Waals surface area contributed by atoms with Crippen molar-refractivity contribution in [2.75, 3.05) is 57.2 Å². The summed E-state index contributed by atoms with van der Waals surface area (Å²) in [6, 6.07) is 24.0. The molecular formula is C43H42N16O. The molecule has 0 aromatic carbocycles. The topological polar surface area (TPSA) is 212 Å². The fourth-order valence-corrected chi connectivity index (χ4v) is 8.21. The van der Waals surface area contributed by atoms with Crippen LogP contribution in [0.25, 0.3) is 44.8 Å². The molecule has 0 unspecified atom stereocenters. The Morgan fingerprint density at radius 2 is 1.35 bits per heavy atom. The molecule has 17 heteroatoms. The number of carbonyl (C=O) groups is 1. The quantitative estimate of drug-likeness (QED) is 0.132. The van der Waals surface area contributed by atoms with Crippen molar-refractivity contribution in [3.8, 4) is 22.5 Å². The third-order valence-electron chi connectivity index (χ3n) is 11.1. The van der Waals surface area contributed by atoms with Gasteiger partial charge >= 0.3 is 6.03 Å². The van der Waals surface area contributed by atoms with Crippen LogP contribution in [0.2, 0.25) is 0 Å². The molecule has 0 saturated carbocycles. The third kappa shape index (κ3) is 7.20. The van der Waals surface area contributed by atoms with E-state index in [1.54, 1.807) is 35.9 Å². The van der Waals surface area contributed by atoms with E-state index in [1.165, 1.54) is 12.1 Å². The zero-order valence-electron chi connectivity index (χ0n) is 33.0. The number of nitrogens with one attached hydrogen (secondary N) is 4. The number of aromatic nitrogens is 10. The maximum absolute atomic E-state index is 13.4. The average Bonchev–Trinajstić information content (AvgIpc) is 4.09. The highest BCUT2D eigenvalue weighted by molar-refractivity contribution is 6.04. The van der Waals surface area contributed by atoms with Gasteiger partial charge in [0.05, 0.1) is 52.5 Å². The number of H-pyrrole nitrogens is 2. The van der Waals surface area contributed by atoms with Gasteiger partial charge in [-0.05, 0) is 99.5 Å². The van der Waals surface area contributed by atoms with Crippen LogP contribution in [0.15, 0.2) is 97.8 Å². The van der Waals surface area contributed by atoms with Gasteiger partial charge in [-0.3, -0.25) is 20.2 Å². The predicted molar refractivity (Wildman–Crippen MR) is 233 cm³/mol. The molecule has 12 heterocycles. The van der Waals surface area contributed by atoms with Gasteiger partial charge < -0.3 is 30.8 Å². The second-order valence-corrected chi connectivity index (χ2v) is 15.2. The highest BCUT2D eigenvalue weighted by atomic mass is 16.2. The first kappa shape index (κ1) is 36.6. The van der Waals surface area contributed by atoms with Gasteiger partial charge in [0.15, 0.2) is 22.9 Å². The van der Waals surface area contributed by atoms with E-state index < -0.39 is 0 Å². The molecule has 2 atom stereocenters. The van der Waals surface area contributed by atoms with E-state index in [9.17, 15) is 4.79 Å². The lowest BCUT2D eigenvalue weighted by atomic mass is 10.1. The van der Waals surface area contributed by atoms with Crippen molar-refractivity contribution < 1.29 is 4.79 Å². The number of nitrogen functional groups attached to an aromatic ring is 1. The fraction of sp³-hybridized carbons (Fsp3) is 0.233. The monoisotopic (exact) mass is 798 g/mol. The van der Waals surface area contributed by atoms with E-state index in [1.807, 2.05) is 56.4 Å². The van der Waals surface area contributed by atoms with Gasteiger partial charge in [-0.25, -0.2) is 34.7 Å². The van der Waals surface area contributed by atoms with Gasteiger partial charge in [0.1, 0.15) is 11.6 Å². The number of nitrogens with two attached hydrogens (primary N) is 1. The molecule has 300 valence electrons. The van der Waals surface area contributed by atoms with Crippen molar-refractivity contribution in [2.45, 2.75) is 38.8 Å². The zero-order valence-corrected chi connectivity index (χ0v) is 33.0. The second kappa shape index (κ2) is 15.2. The summed E-state index contributed by atoms with van der Waals surface area (Å²) in [7, 11) is 0. The minimum atomic E-state index is -0.231. The van der Waals surface area contributed by atoms with Crippen molar-refractivity contribution >= 4 is 63.0 Å². The van der Waals surface area contributed by atoms with E-state index in [4.69, 9.17) is 15.7 Å². The molecule has 0 spiro atoms. The minimum absolute atomic E-state index is 0.0727. The molecule has 8 aromatic rings. The second-order valence-electron chi connectivity index (χ2n) is 15.2. The molecule has 0 aliphatic carbocycles. The molecule has 2 fully saturated rings. The van der Waals surface area contributed by atoms with E-state index in [0.29, 0.717) is 34.8 Å². The number of fused-ring (bicyclic) bond motifs is 10. The van der Waals surface area contributed by atoms with Crippen LogP contribution in [-0.4, -0.2) is 94.1 Å². The number of hydrogen-bond donors (Lipinski definition) is 5. The molecule has 4 bridgehead atoms. The number of hydrogen-bond acceptors (Lipinski definition) is 13. The molecule has 12 rings (SSSR count).